The van der Waals surface area contributed by atoms with Gasteiger partial charge in [0.25, 0.3) is 5.91 Å². The lowest BCUT2D eigenvalue weighted by molar-refractivity contribution is -0.142. The van der Waals surface area contributed by atoms with Crippen LogP contribution in [0.3, 0.4) is 0 Å². The average molecular weight is 368 g/mol. The van der Waals surface area contributed by atoms with Crippen molar-refractivity contribution in [3.63, 3.8) is 0 Å². The van der Waals surface area contributed by atoms with Crippen LogP contribution in [0.4, 0.5) is 0 Å². The lowest BCUT2D eigenvalue weighted by atomic mass is 10.1. The Morgan fingerprint density at radius 2 is 1.81 bits per heavy atom. The van der Waals surface area contributed by atoms with Gasteiger partial charge >= 0.3 is 5.97 Å². The smallest absolute Gasteiger partial charge is 0.330 e. The van der Waals surface area contributed by atoms with E-state index in [0.29, 0.717) is 16.9 Å². The van der Waals surface area contributed by atoms with E-state index in [1.54, 1.807) is 47.4 Å². The van der Waals surface area contributed by atoms with Crippen LogP contribution in [0.1, 0.15) is 32.9 Å². The Hall–Kier alpha value is -2.80. The minimum Gasteiger partial charge on any atom is -0.479 e. The van der Waals surface area contributed by atoms with Gasteiger partial charge in [-0.1, -0.05) is 48.5 Å². The van der Waals surface area contributed by atoms with E-state index in [1.165, 1.54) is 11.8 Å². The molecule has 2 aliphatic heterocycles. The van der Waals surface area contributed by atoms with Gasteiger partial charge in [-0.25, -0.2) is 4.79 Å². The molecule has 2 aromatic carbocycles. The number of hydrogen-bond acceptors (Lipinski definition) is 4. The van der Waals surface area contributed by atoms with E-state index in [-0.39, 0.29) is 11.3 Å². The summed E-state index contributed by atoms with van der Waals surface area (Å²) in [5.74, 6) is -1.32. The van der Waals surface area contributed by atoms with Crippen LogP contribution in [-0.4, -0.2) is 39.6 Å². The van der Waals surface area contributed by atoms with Crippen LogP contribution in [0.5, 0.6) is 0 Å². The van der Waals surface area contributed by atoms with Crippen LogP contribution in [0.2, 0.25) is 0 Å². The van der Waals surface area contributed by atoms with Crippen LogP contribution < -0.4 is 5.32 Å². The maximum absolute atomic E-state index is 12.8. The number of benzene rings is 2. The minimum absolute atomic E-state index is 0.178. The molecule has 0 bridgehead atoms. The van der Waals surface area contributed by atoms with E-state index in [9.17, 15) is 19.5 Å². The second-order valence-corrected chi connectivity index (χ2v) is 7.30. The van der Waals surface area contributed by atoms with Crippen molar-refractivity contribution in [2.45, 2.75) is 17.5 Å². The van der Waals surface area contributed by atoms with Gasteiger partial charge in [0.15, 0.2) is 6.04 Å². The van der Waals surface area contributed by atoms with Crippen molar-refractivity contribution >= 4 is 29.5 Å². The summed E-state index contributed by atoms with van der Waals surface area (Å²) >= 11 is 1.52. The van der Waals surface area contributed by atoms with Crippen LogP contribution in [0, 0.1) is 0 Å². The Morgan fingerprint density at radius 3 is 2.54 bits per heavy atom. The van der Waals surface area contributed by atoms with Crippen LogP contribution in [0.25, 0.3) is 0 Å². The predicted molar refractivity (Wildman–Crippen MR) is 96.6 cm³/mol. The molecule has 3 atom stereocenters. The first-order valence-corrected chi connectivity index (χ1v) is 9.24. The fourth-order valence-corrected chi connectivity index (χ4v) is 4.88. The standard InChI is InChI=1S/C19H16N2O4S/c22-16(20-15(19(24)25)11-6-2-1-3-7-11)14-10-26-18-13-9-5-4-8-12(13)17(23)21(14)18/h1-9,14-15,18H,10H2,(H,20,22)(H,24,25). The molecular weight excluding hydrogens is 352 g/mol. The molecule has 2 N–H and O–H groups in total. The molecule has 1 fully saturated rings. The van der Waals surface area contributed by atoms with Crippen molar-refractivity contribution in [1.82, 2.24) is 10.2 Å². The Kier molecular flexibility index (Phi) is 4.16. The number of thioether (sulfide) groups is 1. The summed E-state index contributed by atoms with van der Waals surface area (Å²) in [5, 5.41) is 11.9. The average Bonchev–Trinajstić information content (AvgIpc) is 3.21. The van der Waals surface area contributed by atoms with Crippen molar-refractivity contribution in [2.24, 2.45) is 0 Å². The molecule has 2 aromatic rings. The Balaban J connectivity index is 1.56. The summed E-state index contributed by atoms with van der Waals surface area (Å²) in [4.78, 5) is 38.7. The zero-order chi connectivity index (χ0) is 18.3. The van der Waals surface area contributed by atoms with Crippen LogP contribution >= 0.6 is 11.8 Å². The van der Waals surface area contributed by atoms with Crippen molar-refractivity contribution in [3.05, 3.63) is 71.3 Å². The third kappa shape index (κ3) is 2.64. The lowest BCUT2D eigenvalue weighted by Gasteiger charge is -2.24. The lowest BCUT2D eigenvalue weighted by Crippen LogP contribution is -2.48. The molecular formula is C19H16N2O4S. The molecule has 0 saturated carbocycles. The Labute approximate surface area is 154 Å². The molecule has 0 spiro atoms. The molecule has 0 aliphatic carbocycles. The normalized spacial score (nSPS) is 21.8. The number of rotatable bonds is 4. The van der Waals surface area contributed by atoms with E-state index in [1.807, 2.05) is 12.1 Å². The molecule has 26 heavy (non-hydrogen) atoms. The number of fused-ring (bicyclic) bond motifs is 3. The number of carboxylic acids is 1. The number of hydrogen-bond donors (Lipinski definition) is 2. The maximum atomic E-state index is 12.8. The maximum Gasteiger partial charge on any atom is 0.330 e. The first-order valence-electron chi connectivity index (χ1n) is 8.19. The number of amides is 2. The number of nitrogens with zero attached hydrogens (tertiary/aromatic N) is 1. The molecule has 132 valence electrons. The molecule has 6 nitrogen and oxygen atoms in total. The van der Waals surface area contributed by atoms with E-state index in [4.69, 9.17) is 0 Å². The van der Waals surface area contributed by atoms with Gasteiger partial charge < -0.3 is 15.3 Å². The molecule has 1 saturated heterocycles. The zero-order valence-corrected chi connectivity index (χ0v) is 14.5. The van der Waals surface area contributed by atoms with Crippen molar-refractivity contribution in [3.8, 4) is 0 Å². The van der Waals surface area contributed by atoms with Crippen molar-refractivity contribution < 1.29 is 19.5 Å². The molecule has 2 aliphatic rings. The van der Waals surface area contributed by atoms with Crippen molar-refractivity contribution in [1.29, 1.82) is 0 Å². The fraction of sp³-hybridized carbons (Fsp3) is 0.211. The second-order valence-electron chi connectivity index (χ2n) is 6.19. The third-order valence-electron chi connectivity index (χ3n) is 4.66. The number of aliphatic carboxylic acids is 1. The Bertz CT molecular complexity index is 886. The van der Waals surface area contributed by atoms with Gasteiger partial charge in [-0.3, -0.25) is 9.59 Å². The number of nitrogens with one attached hydrogen (secondary N) is 1. The molecule has 4 rings (SSSR count). The largest absolute Gasteiger partial charge is 0.479 e. The van der Waals surface area contributed by atoms with Gasteiger partial charge in [0.05, 0.1) is 0 Å². The highest BCUT2D eigenvalue weighted by Gasteiger charge is 2.48. The zero-order valence-electron chi connectivity index (χ0n) is 13.7. The molecule has 3 unspecified atom stereocenters. The highest BCUT2D eigenvalue weighted by atomic mass is 32.2. The Morgan fingerprint density at radius 1 is 1.12 bits per heavy atom. The first kappa shape index (κ1) is 16.7. The molecule has 0 radical (unpaired) electrons. The molecule has 2 amide bonds. The van der Waals surface area contributed by atoms with Crippen LogP contribution in [-0.2, 0) is 9.59 Å². The van der Waals surface area contributed by atoms with Gasteiger partial charge in [-0.05, 0) is 17.2 Å². The molecule has 0 aromatic heterocycles. The minimum atomic E-state index is -1.15. The highest BCUT2D eigenvalue weighted by Crippen LogP contribution is 2.48. The van der Waals surface area contributed by atoms with Gasteiger partial charge in [0.2, 0.25) is 5.91 Å². The predicted octanol–water partition coefficient (Wildman–Crippen LogP) is 2.20. The van der Waals surface area contributed by atoms with E-state index < -0.39 is 24.0 Å². The monoisotopic (exact) mass is 368 g/mol. The third-order valence-corrected chi connectivity index (χ3v) is 5.97. The van der Waals surface area contributed by atoms with Gasteiger partial charge in [0.1, 0.15) is 11.4 Å². The summed E-state index contributed by atoms with van der Waals surface area (Å²) < 4.78 is 0. The number of carboxylic acid groups (broad SMARTS) is 1. The highest BCUT2D eigenvalue weighted by molar-refractivity contribution is 7.99. The summed E-state index contributed by atoms with van der Waals surface area (Å²) in [6.07, 6.45) is 0. The quantitative estimate of drug-likeness (QED) is 0.864. The van der Waals surface area contributed by atoms with E-state index in [2.05, 4.69) is 5.32 Å². The van der Waals surface area contributed by atoms with Crippen molar-refractivity contribution in [2.75, 3.05) is 5.75 Å². The summed E-state index contributed by atoms with van der Waals surface area (Å²) in [5.41, 5.74) is 2.02. The number of carbonyl (C=O) groups is 3. The van der Waals surface area contributed by atoms with Gasteiger partial charge in [-0.2, -0.15) is 0 Å². The molecule has 2 heterocycles. The van der Waals surface area contributed by atoms with E-state index in [0.717, 1.165) is 5.56 Å². The van der Waals surface area contributed by atoms with Gasteiger partial charge in [0, 0.05) is 11.3 Å². The summed E-state index contributed by atoms with van der Waals surface area (Å²) in [7, 11) is 0. The second kappa shape index (κ2) is 6.49. The molecule has 7 heteroatoms. The van der Waals surface area contributed by atoms with Crippen LogP contribution in [0.15, 0.2) is 54.6 Å². The van der Waals surface area contributed by atoms with E-state index >= 15 is 0 Å². The van der Waals surface area contributed by atoms with Gasteiger partial charge in [-0.15, -0.1) is 11.8 Å². The fourth-order valence-electron chi connectivity index (χ4n) is 3.41. The summed E-state index contributed by atoms with van der Waals surface area (Å²) in [6.45, 7) is 0. The topological polar surface area (TPSA) is 86.7 Å². The first-order chi connectivity index (χ1) is 12.6. The SMILES string of the molecule is O=C(O)C(NC(=O)C1CSC2c3ccccc3C(=O)N12)c1ccccc1. The number of carbonyl (C=O) groups excluding carboxylic acids is 2. The summed E-state index contributed by atoms with van der Waals surface area (Å²) in [6, 6.07) is 14.0.